The number of carbonyl (C=O) groups is 3. The SMILES string of the molecule is CSSC(C)(C)CNC(=O)C=CCCCCC(=O)CC=CC=CCCC=CC=C[C@@H]1OC(=O)C=C[C@@H]1C. The molecule has 0 saturated heterocycles. The molecule has 0 unspecified atom stereocenters. The zero-order valence-corrected chi connectivity index (χ0v) is 24.3. The lowest BCUT2D eigenvalue weighted by atomic mass is 10.0. The molecule has 1 aliphatic rings. The lowest BCUT2D eigenvalue weighted by Crippen LogP contribution is -2.34. The predicted molar refractivity (Wildman–Crippen MR) is 159 cm³/mol. The molecule has 7 heteroatoms. The monoisotopic (exact) mass is 545 g/mol. The fourth-order valence-electron chi connectivity index (χ4n) is 3.32. The molecule has 0 aromatic carbocycles. The lowest BCUT2D eigenvalue weighted by molar-refractivity contribution is -0.143. The maximum absolute atomic E-state index is 12.0. The van der Waals surface area contributed by atoms with Gasteiger partial charge in [0.15, 0.2) is 0 Å². The van der Waals surface area contributed by atoms with Crippen LogP contribution in [0.5, 0.6) is 0 Å². The van der Waals surface area contributed by atoms with Crippen LogP contribution < -0.4 is 5.32 Å². The Hall–Kier alpha value is -2.25. The zero-order valence-electron chi connectivity index (χ0n) is 22.7. The summed E-state index contributed by atoms with van der Waals surface area (Å²) in [5.74, 6) is 0.0803. The zero-order chi connectivity index (χ0) is 27.4. The number of unbranched alkanes of at least 4 members (excludes halogenated alkanes) is 3. The molecule has 0 aromatic rings. The third kappa shape index (κ3) is 17.8. The molecule has 5 nitrogen and oxygen atoms in total. The number of cyclic esters (lactones) is 1. The summed E-state index contributed by atoms with van der Waals surface area (Å²) in [4.78, 5) is 35.2. The van der Waals surface area contributed by atoms with E-state index in [0.717, 1.165) is 32.1 Å². The number of Topliss-reactive ketones (excluding diaryl/α,β-unsaturated/α-hetero) is 1. The smallest absolute Gasteiger partial charge is 0.331 e. The van der Waals surface area contributed by atoms with Gasteiger partial charge in [0.05, 0.1) is 0 Å². The number of esters is 1. The van der Waals surface area contributed by atoms with Gasteiger partial charge in [-0.25, -0.2) is 4.79 Å². The van der Waals surface area contributed by atoms with E-state index in [0.29, 0.717) is 19.4 Å². The maximum atomic E-state index is 12.0. The number of rotatable bonds is 18. The molecule has 0 radical (unpaired) electrons. The van der Waals surface area contributed by atoms with E-state index in [1.54, 1.807) is 27.7 Å². The Balaban J connectivity index is 2.06. The third-order valence-corrected chi connectivity index (χ3v) is 8.04. The molecule has 1 rings (SSSR count). The van der Waals surface area contributed by atoms with Crippen LogP contribution in [0, 0.1) is 5.92 Å². The highest BCUT2D eigenvalue weighted by Gasteiger charge is 2.20. The molecule has 0 aromatic heterocycles. The molecule has 1 aliphatic heterocycles. The molecule has 2 atom stereocenters. The van der Waals surface area contributed by atoms with Gasteiger partial charge in [-0.15, -0.1) is 0 Å². The van der Waals surface area contributed by atoms with Crippen LogP contribution in [0.4, 0.5) is 0 Å². The Morgan fingerprint density at radius 1 is 1.03 bits per heavy atom. The number of ether oxygens (including phenoxy) is 1. The van der Waals surface area contributed by atoms with Crippen LogP contribution in [-0.4, -0.2) is 41.3 Å². The van der Waals surface area contributed by atoms with E-state index in [9.17, 15) is 14.4 Å². The van der Waals surface area contributed by atoms with Gasteiger partial charge in [0.1, 0.15) is 11.9 Å². The minimum absolute atomic E-state index is 0.00925. The van der Waals surface area contributed by atoms with E-state index < -0.39 is 0 Å². The average molecular weight is 546 g/mol. The molecule has 1 heterocycles. The summed E-state index contributed by atoms with van der Waals surface area (Å²) in [5, 5.41) is 2.93. The Kier molecular flexibility index (Phi) is 17.5. The average Bonchev–Trinajstić information content (AvgIpc) is 2.85. The number of carbonyl (C=O) groups excluding carboxylic acids is 3. The van der Waals surface area contributed by atoms with Gasteiger partial charge in [-0.3, -0.25) is 9.59 Å². The number of hydrogen-bond acceptors (Lipinski definition) is 6. The fourth-order valence-corrected chi connectivity index (χ4v) is 5.43. The normalized spacial score (nSPS) is 18.6. The lowest BCUT2D eigenvalue weighted by Gasteiger charge is -2.22. The van der Waals surface area contributed by atoms with Crippen LogP contribution in [0.25, 0.3) is 0 Å². The first kappa shape index (κ1) is 32.8. The molecule has 0 bridgehead atoms. The topological polar surface area (TPSA) is 72.5 Å². The van der Waals surface area contributed by atoms with E-state index >= 15 is 0 Å². The maximum Gasteiger partial charge on any atom is 0.331 e. The van der Waals surface area contributed by atoms with E-state index in [2.05, 4.69) is 31.3 Å². The molecular formula is C30H43NO4S2. The van der Waals surface area contributed by atoms with Crippen LogP contribution in [-0.2, 0) is 19.1 Å². The van der Waals surface area contributed by atoms with Crippen molar-refractivity contribution in [1.29, 1.82) is 0 Å². The van der Waals surface area contributed by atoms with Crippen LogP contribution in [0.2, 0.25) is 0 Å². The standard InChI is InChI=1S/C30H43NO4S2/c1-25-22-23-29(34)35-27(25)20-16-11-9-7-5-6-8-10-14-18-26(32)19-15-12-13-17-21-28(33)31-24-30(2,3)37-36-4/h6,8-11,14,16-17,20-23,25,27H,5,7,12-13,15,18-19,24H2,1-4H3,(H,31,33)/t25-,27-/m0/s1. The van der Waals surface area contributed by atoms with Crippen molar-refractivity contribution >= 4 is 39.2 Å². The fraction of sp³-hybridized carbons (Fsp3) is 0.500. The summed E-state index contributed by atoms with van der Waals surface area (Å²) < 4.78 is 5.27. The molecular weight excluding hydrogens is 502 g/mol. The predicted octanol–water partition coefficient (Wildman–Crippen LogP) is 7.09. The Labute approximate surface area is 231 Å². The van der Waals surface area contributed by atoms with Crippen molar-refractivity contribution in [2.75, 3.05) is 12.8 Å². The highest BCUT2D eigenvalue weighted by molar-refractivity contribution is 8.76. The molecule has 0 spiro atoms. The van der Waals surface area contributed by atoms with E-state index in [1.807, 2.05) is 61.8 Å². The van der Waals surface area contributed by atoms with Gasteiger partial charge < -0.3 is 10.1 Å². The Morgan fingerprint density at radius 2 is 1.73 bits per heavy atom. The highest BCUT2D eigenvalue weighted by Crippen LogP contribution is 2.32. The summed E-state index contributed by atoms with van der Waals surface area (Å²) in [5.41, 5.74) is 0. The van der Waals surface area contributed by atoms with Crippen molar-refractivity contribution in [3.05, 3.63) is 72.9 Å². The van der Waals surface area contributed by atoms with Crippen LogP contribution in [0.15, 0.2) is 72.9 Å². The van der Waals surface area contributed by atoms with Gasteiger partial charge in [0, 0.05) is 36.1 Å². The van der Waals surface area contributed by atoms with Gasteiger partial charge in [-0.05, 0) is 64.4 Å². The third-order valence-electron chi connectivity index (χ3n) is 5.43. The summed E-state index contributed by atoms with van der Waals surface area (Å²) in [6.45, 7) is 6.87. The quantitative estimate of drug-likeness (QED) is 0.0652. The number of hydrogen-bond donors (Lipinski definition) is 1. The molecule has 37 heavy (non-hydrogen) atoms. The second-order valence-electron chi connectivity index (χ2n) is 9.48. The number of amides is 1. The van der Waals surface area contributed by atoms with Crippen molar-refractivity contribution in [1.82, 2.24) is 5.32 Å². The van der Waals surface area contributed by atoms with Crippen molar-refractivity contribution in [2.24, 2.45) is 5.92 Å². The van der Waals surface area contributed by atoms with E-state index in [-0.39, 0.29) is 34.4 Å². The van der Waals surface area contributed by atoms with E-state index in [4.69, 9.17) is 4.74 Å². The first-order chi connectivity index (χ1) is 17.7. The van der Waals surface area contributed by atoms with Crippen molar-refractivity contribution < 1.29 is 19.1 Å². The second kappa shape index (κ2) is 19.8. The van der Waals surface area contributed by atoms with Crippen LogP contribution >= 0.6 is 21.6 Å². The highest BCUT2D eigenvalue weighted by atomic mass is 33.1. The number of allylic oxidation sites excluding steroid dienone is 8. The largest absolute Gasteiger partial charge is 0.454 e. The molecule has 0 aliphatic carbocycles. The molecule has 0 saturated carbocycles. The van der Waals surface area contributed by atoms with Gasteiger partial charge in [-0.1, -0.05) is 83.2 Å². The van der Waals surface area contributed by atoms with Gasteiger partial charge in [-0.2, -0.15) is 0 Å². The number of ketones is 1. The van der Waals surface area contributed by atoms with Crippen LogP contribution in [0.1, 0.15) is 65.7 Å². The minimum Gasteiger partial charge on any atom is -0.454 e. The second-order valence-corrected chi connectivity index (χ2v) is 12.6. The molecule has 1 N–H and O–H groups in total. The van der Waals surface area contributed by atoms with E-state index in [1.165, 1.54) is 6.08 Å². The van der Waals surface area contributed by atoms with Crippen molar-refractivity contribution in [3.8, 4) is 0 Å². The Morgan fingerprint density at radius 3 is 2.46 bits per heavy atom. The summed E-state index contributed by atoms with van der Waals surface area (Å²) in [6.07, 6.45) is 29.8. The number of nitrogens with one attached hydrogen (secondary N) is 1. The van der Waals surface area contributed by atoms with Crippen molar-refractivity contribution in [3.63, 3.8) is 0 Å². The minimum atomic E-state index is -0.289. The van der Waals surface area contributed by atoms with Crippen molar-refractivity contribution in [2.45, 2.75) is 76.6 Å². The summed E-state index contributed by atoms with van der Waals surface area (Å²) in [7, 11) is 3.45. The van der Waals surface area contributed by atoms with Gasteiger partial charge in [0.25, 0.3) is 0 Å². The molecule has 1 amide bonds. The van der Waals surface area contributed by atoms with Gasteiger partial charge in [0.2, 0.25) is 5.91 Å². The molecule has 204 valence electrons. The Bertz CT molecular complexity index is 884. The molecule has 0 fully saturated rings. The van der Waals surface area contributed by atoms with Crippen LogP contribution in [0.3, 0.4) is 0 Å². The summed E-state index contributed by atoms with van der Waals surface area (Å²) in [6, 6.07) is 0. The first-order valence-electron chi connectivity index (χ1n) is 12.9. The van der Waals surface area contributed by atoms with Gasteiger partial charge >= 0.3 is 5.97 Å². The first-order valence-corrected chi connectivity index (χ1v) is 15.5. The summed E-state index contributed by atoms with van der Waals surface area (Å²) >= 11 is 0.